The van der Waals surface area contributed by atoms with Crippen molar-refractivity contribution in [2.75, 3.05) is 18.8 Å². The molecular weight excluding hydrogens is 334 g/mol. The Labute approximate surface area is 154 Å². The van der Waals surface area contributed by atoms with Crippen LogP contribution >= 0.6 is 11.8 Å². The summed E-state index contributed by atoms with van der Waals surface area (Å²) in [5, 5.41) is 3.94. The molecule has 0 radical (unpaired) electrons. The van der Waals surface area contributed by atoms with Gasteiger partial charge in [0.2, 0.25) is 5.91 Å². The van der Waals surface area contributed by atoms with Gasteiger partial charge in [-0.1, -0.05) is 31.5 Å². The SMILES string of the molecule is CC1CCCCC1NC(=O)CSc1ccc(C(=O)N2CCCC2)cn1. The number of amides is 2. The van der Waals surface area contributed by atoms with Crippen molar-refractivity contribution in [3.8, 4) is 0 Å². The number of likely N-dealkylation sites (tertiary alicyclic amines) is 1. The molecule has 1 aliphatic carbocycles. The predicted molar refractivity (Wildman–Crippen MR) is 99.7 cm³/mol. The van der Waals surface area contributed by atoms with Crippen LogP contribution in [0.2, 0.25) is 0 Å². The number of rotatable bonds is 5. The number of thioether (sulfide) groups is 1. The first-order valence-electron chi connectivity index (χ1n) is 9.31. The van der Waals surface area contributed by atoms with Crippen LogP contribution in [0.25, 0.3) is 0 Å². The van der Waals surface area contributed by atoms with Crippen molar-refractivity contribution >= 4 is 23.6 Å². The molecule has 3 rings (SSSR count). The molecule has 1 aromatic rings. The maximum atomic E-state index is 12.3. The maximum Gasteiger partial charge on any atom is 0.255 e. The highest BCUT2D eigenvalue weighted by atomic mass is 32.2. The summed E-state index contributed by atoms with van der Waals surface area (Å²) in [6.45, 7) is 3.90. The van der Waals surface area contributed by atoms with E-state index in [1.807, 2.05) is 17.0 Å². The summed E-state index contributed by atoms with van der Waals surface area (Å²) in [7, 11) is 0. The molecular formula is C19H27N3O2S. The van der Waals surface area contributed by atoms with Crippen molar-refractivity contribution in [2.45, 2.75) is 56.5 Å². The zero-order valence-corrected chi connectivity index (χ0v) is 15.7. The molecule has 2 aliphatic rings. The summed E-state index contributed by atoms with van der Waals surface area (Å²) in [4.78, 5) is 30.7. The molecule has 136 valence electrons. The Bertz CT molecular complexity index is 599. The predicted octanol–water partition coefficient (Wildman–Crippen LogP) is 3.10. The van der Waals surface area contributed by atoms with Gasteiger partial charge in [-0.2, -0.15) is 0 Å². The van der Waals surface area contributed by atoms with Crippen molar-refractivity contribution < 1.29 is 9.59 Å². The Balaban J connectivity index is 1.46. The Morgan fingerprint density at radius 1 is 1.20 bits per heavy atom. The van der Waals surface area contributed by atoms with E-state index < -0.39 is 0 Å². The standard InChI is InChI=1S/C19H27N3O2S/c1-14-6-2-3-7-16(14)21-17(23)13-25-18-9-8-15(12-20-18)19(24)22-10-4-5-11-22/h8-9,12,14,16H,2-7,10-11,13H2,1H3,(H,21,23). The number of nitrogens with one attached hydrogen (secondary N) is 1. The molecule has 5 nitrogen and oxygen atoms in total. The number of aromatic nitrogens is 1. The minimum Gasteiger partial charge on any atom is -0.352 e. The number of carbonyl (C=O) groups is 2. The van der Waals surface area contributed by atoms with E-state index in [1.165, 1.54) is 31.0 Å². The quantitative estimate of drug-likeness (QED) is 0.819. The highest BCUT2D eigenvalue weighted by Gasteiger charge is 2.23. The molecule has 0 aromatic carbocycles. The second kappa shape index (κ2) is 8.70. The van der Waals surface area contributed by atoms with Crippen molar-refractivity contribution in [3.05, 3.63) is 23.9 Å². The van der Waals surface area contributed by atoms with Gasteiger partial charge in [0.15, 0.2) is 0 Å². The van der Waals surface area contributed by atoms with Crippen LogP contribution in [0.15, 0.2) is 23.4 Å². The molecule has 1 aliphatic heterocycles. The van der Waals surface area contributed by atoms with E-state index in [9.17, 15) is 9.59 Å². The minimum absolute atomic E-state index is 0.0607. The molecule has 0 spiro atoms. The lowest BCUT2D eigenvalue weighted by Crippen LogP contribution is -2.41. The lowest BCUT2D eigenvalue weighted by molar-refractivity contribution is -0.119. The smallest absolute Gasteiger partial charge is 0.255 e. The fourth-order valence-corrected chi connectivity index (χ4v) is 4.27. The molecule has 6 heteroatoms. The summed E-state index contributed by atoms with van der Waals surface area (Å²) in [5.41, 5.74) is 0.631. The zero-order chi connectivity index (χ0) is 17.6. The van der Waals surface area contributed by atoms with Crippen LogP contribution in [-0.4, -0.2) is 46.6 Å². The van der Waals surface area contributed by atoms with E-state index in [4.69, 9.17) is 0 Å². The van der Waals surface area contributed by atoms with Crippen molar-refractivity contribution in [3.63, 3.8) is 0 Å². The normalized spacial score (nSPS) is 23.5. The highest BCUT2D eigenvalue weighted by Crippen LogP contribution is 2.24. The van der Waals surface area contributed by atoms with Crippen LogP contribution < -0.4 is 5.32 Å². The van der Waals surface area contributed by atoms with E-state index >= 15 is 0 Å². The maximum absolute atomic E-state index is 12.3. The molecule has 1 saturated heterocycles. The third kappa shape index (κ3) is 4.97. The Kier molecular flexibility index (Phi) is 6.34. The van der Waals surface area contributed by atoms with Crippen LogP contribution in [0.3, 0.4) is 0 Å². The van der Waals surface area contributed by atoms with Gasteiger partial charge in [-0.15, -0.1) is 0 Å². The van der Waals surface area contributed by atoms with Crippen molar-refractivity contribution in [2.24, 2.45) is 5.92 Å². The average molecular weight is 362 g/mol. The van der Waals surface area contributed by atoms with Crippen LogP contribution in [0.1, 0.15) is 55.8 Å². The van der Waals surface area contributed by atoms with Gasteiger partial charge in [0, 0.05) is 25.3 Å². The third-order valence-corrected chi connectivity index (χ3v) is 6.13. The molecule has 2 heterocycles. The first-order valence-corrected chi connectivity index (χ1v) is 10.3. The first kappa shape index (κ1) is 18.2. The highest BCUT2D eigenvalue weighted by molar-refractivity contribution is 7.99. The number of nitrogens with zero attached hydrogens (tertiary/aromatic N) is 2. The topological polar surface area (TPSA) is 62.3 Å². The molecule has 1 N–H and O–H groups in total. The minimum atomic E-state index is 0.0607. The number of carbonyl (C=O) groups excluding carboxylic acids is 2. The second-order valence-corrected chi connectivity index (χ2v) is 8.10. The third-order valence-electron chi connectivity index (χ3n) is 5.19. The summed E-state index contributed by atoms with van der Waals surface area (Å²) >= 11 is 1.42. The van der Waals surface area contributed by atoms with Gasteiger partial charge in [-0.3, -0.25) is 9.59 Å². The fraction of sp³-hybridized carbons (Fsp3) is 0.632. The molecule has 1 saturated carbocycles. The number of hydrogen-bond acceptors (Lipinski definition) is 4. The summed E-state index contributed by atoms with van der Waals surface area (Å²) in [6, 6.07) is 3.97. The van der Waals surface area contributed by atoms with E-state index in [0.29, 0.717) is 23.3 Å². The number of hydrogen-bond donors (Lipinski definition) is 1. The molecule has 25 heavy (non-hydrogen) atoms. The molecule has 0 bridgehead atoms. The average Bonchev–Trinajstić information content (AvgIpc) is 3.16. The van der Waals surface area contributed by atoms with Gasteiger partial charge in [0.05, 0.1) is 16.3 Å². The molecule has 2 atom stereocenters. The van der Waals surface area contributed by atoms with Gasteiger partial charge in [-0.05, 0) is 43.7 Å². The molecule has 2 fully saturated rings. The lowest BCUT2D eigenvalue weighted by Gasteiger charge is -2.29. The van der Waals surface area contributed by atoms with Gasteiger partial charge in [-0.25, -0.2) is 4.98 Å². The lowest BCUT2D eigenvalue weighted by atomic mass is 9.86. The van der Waals surface area contributed by atoms with Gasteiger partial charge in [0.25, 0.3) is 5.91 Å². The fourth-order valence-electron chi connectivity index (χ4n) is 3.61. The van der Waals surface area contributed by atoms with Crippen LogP contribution in [0.4, 0.5) is 0 Å². The molecule has 2 amide bonds. The monoisotopic (exact) mass is 361 g/mol. The Morgan fingerprint density at radius 2 is 1.96 bits per heavy atom. The molecule has 2 unspecified atom stereocenters. The zero-order valence-electron chi connectivity index (χ0n) is 14.9. The Morgan fingerprint density at radius 3 is 2.64 bits per heavy atom. The largest absolute Gasteiger partial charge is 0.352 e. The van der Waals surface area contributed by atoms with Crippen molar-refractivity contribution in [1.29, 1.82) is 0 Å². The van der Waals surface area contributed by atoms with Gasteiger partial charge < -0.3 is 10.2 Å². The van der Waals surface area contributed by atoms with E-state index in [2.05, 4.69) is 17.2 Å². The molecule has 1 aromatic heterocycles. The van der Waals surface area contributed by atoms with Gasteiger partial charge >= 0.3 is 0 Å². The number of pyridine rings is 1. The van der Waals surface area contributed by atoms with Crippen LogP contribution in [0.5, 0.6) is 0 Å². The van der Waals surface area contributed by atoms with Gasteiger partial charge in [0.1, 0.15) is 0 Å². The Hall–Kier alpha value is -1.56. The van der Waals surface area contributed by atoms with E-state index in [1.54, 1.807) is 6.20 Å². The van der Waals surface area contributed by atoms with E-state index in [-0.39, 0.29) is 11.8 Å². The summed E-state index contributed by atoms with van der Waals surface area (Å²) in [6.07, 6.45) is 8.56. The van der Waals surface area contributed by atoms with Crippen LogP contribution in [-0.2, 0) is 4.79 Å². The first-order chi connectivity index (χ1) is 12.1. The van der Waals surface area contributed by atoms with E-state index in [0.717, 1.165) is 37.4 Å². The van der Waals surface area contributed by atoms with Crippen molar-refractivity contribution in [1.82, 2.24) is 15.2 Å². The summed E-state index contributed by atoms with van der Waals surface area (Å²) < 4.78 is 0. The second-order valence-electron chi connectivity index (χ2n) is 7.11. The summed E-state index contributed by atoms with van der Waals surface area (Å²) in [5.74, 6) is 1.07. The van der Waals surface area contributed by atoms with Crippen LogP contribution in [0, 0.1) is 5.92 Å².